The highest BCUT2D eigenvalue weighted by Gasteiger charge is 2.13. The van der Waals surface area contributed by atoms with Gasteiger partial charge in [0.15, 0.2) is 0 Å². The Labute approximate surface area is 141 Å². The summed E-state index contributed by atoms with van der Waals surface area (Å²) in [7, 11) is 0. The standard InChI is InChI=1S/C20H20N2O2/c1-13-17-8-3-4-9-19(17)21-14(2)18(13)11-20(24)22-16-7-5-6-15(10-16)12-23/h3-10,23H,11-12H2,1-2H3,(H,22,24). The molecule has 3 rings (SSSR count). The highest BCUT2D eigenvalue weighted by atomic mass is 16.3. The fourth-order valence-corrected chi connectivity index (χ4v) is 2.94. The number of aliphatic hydroxyl groups excluding tert-OH is 1. The van der Waals surface area contributed by atoms with Crippen LogP contribution in [0.15, 0.2) is 48.5 Å². The second-order valence-corrected chi connectivity index (χ2v) is 5.90. The summed E-state index contributed by atoms with van der Waals surface area (Å²) in [5, 5.41) is 13.2. The number of carbonyl (C=O) groups is 1. The van der Waals surface area contributed by atoms with Crippen LogP contribution in [-0.4, -0.2) is 16.0 Å². The van der Waals surface area contributed by atoms with E-state index in [4.69, 9.17) is 0 Å². The van der Waals surface area contributed by atoms with Gasteiger partial charge in [0, 0.05) is 16.8 Å². The third-order valence-electron chi connectivity index (χ3n) is 4.22. The number of benzene rings is 2. The summed E-state index contributed by atoms with van der Waals surface area (Å²) in [5.41, 5.74) is 5.35. The van der Waals surface area contributed by atoms with Crippen LogP contribution in [0, 0.1) is 13.8 Å². The number of hydrogen-bond acceptors (Lipinski definition) is 3. The van der Waals surface area contributed by atoms with Crippen LogP contribution in [0.25, 0.3) is 10.9 Å². The predicted molar refractivity (Wildman–Crippen MR) is 95.9 cm³/mol. The van der Waals surface area contributed by atoms with Crippen molar-refractivity contribution >= 4 is 22.5 Å². The topological polar surface area (TPSA) is 62.2 Å². The van der Waals surface area contributed by atoms with Gasteiger partial charge in [-0.15, -0.1) is 0 Å². The molecule has 0 aliphatic heterocycles. The quantitative estimate of drug-likeness (QED) is 0.773. The lowest BCUT2D eigenvalue weighted by Crippen LogP contribution is -2.16. The Kier molecular flexibility index (Phi) is 4.58. The number of hydrogen-bond donors (Lipinski definition) is 2. The van der Waals surface area contributed by atoms with E-state index in [-0.39, 0.29) is 18.9 Å². The Balaban J connectivity index is 1.85. The first-order chi connectivity index (χ1) is 11.6. The van der Waals surface area contributed by atoms with Crippen LogP contribution in [0.5, 0.6) is 0 Å². The van der Waals surface area contributed by atoms with E-state index >= 15 is 0 Å². The zero-order chi connectivity index (χ0) is 17.1. The summed E-state index contributed by atoms with van der Waals surface area (Å²) in [6, 6.07) is 15.2. The van der Waals surface area contributed by atoms with Crippen molar-refractivity contribution in [3.63, 3.8) is 0 Å². The van der Waals surface area contributed by atoms with Crippen LogP contribution in [0.3, 0.4) is 0 Å². The highest BCUT2D eigenvalue weighted by Crippen LogP contribution is 2.23. The molecule has 0 aliphatic rings. The second-order valence-electron chi connectivity index (χ2n) is 5.90. The molecule has 0 aliphatic carbocycles. The zero-order valence-electron chi connectivity index (χ0n) is 13.8. The van der Waals surface area contributed by atoms with Gasteiger partial charge in [0.2, 0.25) is 5.91 Å². The lowest BCUT2D eigenvalue weighted by atomic mass is 9.99. The Hall–Kier alpha value is -2.72. The van der Waals surface area contributed by atoms with Crippen molar-refractivity contribution in [2.24, 2.45) is 0 Å². The number of anilines is 1. The van der Waals surface area contributed by atoms with Gasteiger partial charge in [-0.2, -0.15) is 0 Å². The number of aromatic nitrogens is 1. The van der Waals surface area contributed by atoms with Crippen molar-refractivity contribution in [2.75, 3.05) is 5.32 Å². The van der Waals surface area contributed by atoms with Gasteiger partial charge in [0.25, 0.3) is 0 Å². The first-order valence-electron chi connectivity index (χ1n) is 7.93. The molecule has 2 N–H and O–H groups in total. The molecule has 122 valence electrons. The molecule has 1 aromatic heterocycles. The molecule has 0 spiro atoms. The van der Waals surface area contributed by atoms with Crippen LogP contribution < -0.4 is 5.32 Å². The van der Waals surface area contributed by atoms with Crippen LogP contribution >= 0.6 is 0 Å². The fourth-order valence-electron chi connectivity index (χ4n) is 2.94. The third kappa shape index (κ3) is 3.29. The molecule has 0 saturated carbocycles. The third-order valence-corrected chi connectivity index (χ3v) is 4.22. The van der Waals surface area contributed by atoms with E-state index in [1.165, 1.54) is 0 Å². The number of rotatable bonds is 4. The Morgan fingerprint density at radius 2 is 1.92 bits per heavy atom. The maximum atomic E-state index is 12.4. The Morgan fingerprint density at radius 3 is 2.71 bits per heavy atom. The first-order valence-corrected chi connectivity index (χ1v) is 7.93. The summed E-state index contributed by atoms with van der Waals surface area (Å²) in [4.78, 5) is 17.0. The largest absolute Gasteiger partial charge is 0.392 e. The summed E-state index contributed by atoms with van der Waals surface area (Å²) in [6.45, 7) is 3.93. The number of para-hydroxylation sites is 1. The molecular weight excluding hydrogens is 300 g/mol. The van der Waals surface area contributed by atoms with Gasteiger partial charge in [0.05, 0.1) is 18.5 Å². The number of pyridine rings is 1. The molecule has 2 aromatic carbocycles. The average molecular weight is 320 g/mol. The van der Waals surface area contributed by atoms with E-state index in [0.29, 0.717) is 5.69 Å². The molecule has 0 radical (unpaired) electrons. The van der Waals surface area contributed by atoms with Gasteiger partial charge in [0.1, 0.15) is 0 Å². The van der Waals surface area contributed by atoms with E-state index in [1.807, 2.05) is 56.3 Å². The molecule has 24 heavy (non-hydrogen) atoms. The van der Waals surface area contributed by atoms with Gasteiger partial charge in [-0.1, -0.05) is 30.3 Å². The Bertz CT molecular complexity index is 903. The van der Waals surface area contributed by atoms with Crippen molar-refractivity contribution in [2.45, 2.75) is 26.9 Å². The SMILES string of the molecule is Cc1nc2ccccc2c(C)c1CC(=O)Nc1cccc(CO)c1. The highest BCUT2D eigenvalue weighted by molar-refractivity contribution is 5.94. The van der Waals surface area contributed by atoms with Gasteiger partial charge >= 0.3 is 0 Å². The van der Waals surface area contributed by atoms with Crippen molar-refractivity contribution in [1.29, 1.82) is 0 Å². The van der Waals surface area contributed by atoms with Gasteiger partial charge in [-0.3, -0.25) is 9.78 Å². The molecule has 4 nitrogen and oxygen atoms in total. The molecule has 0 bridgehead atoms. The number of fused-ring (bicyclic) bond motifs is 1. The number of nitrogens with zero attached hydrogens (tertiary/aromatic N) is 1. The second kappa shape index (κ2) is 6.81. The monoisotopic (exact) mass is 320 g/mol. The molecule has 1 heterocycles. The summed E-state index contributed by atoms with van der Waals surface area (Å²) >= 11 is 0. The molecule has 0 atom stereocenters. The molecule has 0 saturated heterocycles. The molecule has 0 fully saturated rings. The number of carbonyl (C=O) groups excluding carboxylic acids is 1. The lowest BCUT2D eigenvalue weighted by molar-refractivity contribution is -0.115. The lowest BCUT2D eigenvalue weighted by Gasteiger charge is -2.13. The summed E-state index contributed by atoms with van der Waals surface area (Å²) in [5.74, 6) is -0.0895. The van der Waals surface area contributed by atoms with Crippen molar-refractivity contribution in [3.05, 3.63) is 70.9 Å². The normalized spacial score (nSPS) is 10.8. The number of nitrogens with one attached hydrogen (secondary N) is 1. The molecular formula is C20H20N2O2. The maximum absolute atomic E-state index is 12.4. The molecule has 3 aromatic rings. The van der Waals surface area contributed by atoms with Crippen molar-refractivity contribution in [3.8, 4) is 0 Å². The number of amides is 1. The maximum Gasteiger partial charge on any atom is 0.228 e. The van der Waals surface area contributed by atoms with Crippen LogP contribution in [-0.2, 0) is 17.8 Å². The van der Waals surface area contributed by atoms with Crippen LogP contribution in [0.2, 0.25) is 0 Å². The van der Waals surface area contributed by atoms with E-state index in [1.54, 1.807) is 6.07 Å². The van der Waals surface area contributed by atoms with E-state index < -0.39 is 0 Å². The van der Waals surface area contributed by atoms with E-state index in [2.05, 4.69) is 10.3 Å². The minimum absolute atomic E-state index is 0.0451. The summed E-state index contributed by atoms with van der Waals surface area (Å²) < 4.78 is 0. The van der Waals surface area contributed by atoms with Crippen LogP contribution in [0.1, 0.15) is 22.4 Å². The van der Waals surface area contributed by atoms with E-state index in [9.17, 15) is 9.90 Å². The predicted octanol–water partition coefficient (Wildman–Crippen LogP) is 3.53. The minimum Gasteiger partial charge on any atom is -0.392 e. The van der Waals surface area contributed by atoms with Gasteiger partial charge in [-0.25, -0.2) is 0 Å². The van der Waals surface area contributed by atoms with Crippen LogP contribution in [0.4, 0.5) is 5.69 Å². The van der Waals surface area contributed by atoms with Crippen molar-refractivity contribution < 1.29 is 9.90 Å². The number of aryl methyl sites for hydroxylation is 2. The van der Waals surface area contributed by atoms with Gasteiger partial charge in [-0.05, 0) is 48.7 Å². The Morgan fingerprint density at radius 1 is 1.12 bits per heavy atom. The average Bonchev–Trinajstić information content (AvgIpc) is 2.59. The molecule has 1 amide bonds. The minimum atomic E-state index is -0.0895. The first kappa shape index (κ1) is 16.1. The van der Waals surface area contributed by atoms with Gasteiger partial charge < -0.3 is 10.4 Å². The molecule has 0 unspecified atom stereocenters. The summed E-state index contributed by atoms with van der Waals surface area (Å²) in [6.07, 6.45) is 0.277. The molecule has 4 heteroatoms. The zero-order valence-corrected chi connectivity index (χ0v) is 13.8. The van der Waals surface area contributed by atoms with E-state index in [0.717, 1.165) is 33.3 Å². The number of aliphatic hydroxyl groups is 1. The fraction of sp³-hybridized carbons (Fsp3) is 0.200. The smallest absolute Gasteiger partial charge is 0.228 e. The van der Waals surface area contributed by atoms with Crippen molar-refractivity contribution in [1.82, 2.24) is 4.98 Å².